The van der Waals surface area contributed by atoms with Gasteiger partial charge < -0.3 is 15.4 Å². The zero-order valence-corrected chi connectivity index (χ0v) is 22.7. The molecule has 1 aromatic carbocycles. The van der Waals surface area contributed by atoms with Crippen LogP contribution in [0.5, 0.6) is 0 Å². The summed E-state index contributed by atoms with van der Waals surface area (Å²) in [6.45, 7) is 9.26. The van der Waals surface area contributed by atoms with Gasteiger partial charge in [-0.05, 0) is 82.7 Å². The van der Waals surface area contributed by atoms with Crippen molar-refractivity contribution in [2.45, 2.75) is 83.9 Å². The lowest BCUT2D eigenvalue weighted by molar-refractivity contribution is -0.122. The van der Waals surface area contributed by atoms with Gasteiger partial charge in [0.2, 0.25) is 5.91 Å². The van der Waals surface area contributed by atoms with Crippen molar-refractivity contribution in [2.24, 2.45) is 11.8 Å². The predicted molar refractivity (Wildman–Crippen MR) is 145 cm³/mol. The Bertz CT molecular complexity index is 769. The molecule has 0 bridgehead atoms. The minimum absolute atomic E-state index is 0.0984. The van der Waals surface area contributed by atoms with Crippen molar-refractivity contribution in [3.8, 4) is 0 Å². The summed E-state index contributed by atoms with van der Waals surface area (Å²) in [4.78, 5) is 28.0. The number of hydrogen-bond donors (Lipinski definition) is 2. The van der Waals surface area contributed by atoms with Gasteiger partial charge in [0.1, 0.15) is 11.6 Å². The lowest BCUT2D eigenvalue weighted by Gasteiger charge is -2.32. The number of carbonyl (C=O) groups is 2. The summed E-state index contributed by atoms with van der Waals surface area (Å²) in [5.74, 6) is 2.75. The molecule has 1 aliphatic carbocycles. The Morgan fingerprint density at radius 1 is 1.03 bits per heavy atom. The number of alkyl carbamates (subject to hydrolysis) is 1. The Labute approximate surface area is 216 Å². The van der Waals surface area contributed by atoms with Crippen molar-refractivity contribution in [1.29, 1.82) is 0 Å². The molecule has 1 heterocycles. The molecule has 0 radical (unpaired) electrons. The molecule has 7 heteroatoms. The highest BCUT2D eigenvalue weighted by Crippen LogP contribution is 2.27. The van der Waals surface area contributed by atoms with Crippen molar-refractivity contribution in [3.05, 3.63) is 35.9 Å². The van der Waals surface area contributed by atoms with Gasteiger partial charge in [-0.25, -0.2) is 4.79 Å². The molecule has 6 nitrogen and oxygen atoms in total. The summed E-state index contributed by atoms with van der Waals surface area (Å²) in [7, 11) is 0. The van der Waals surface area contributed by atoms with Gasteiger partial charge in [0.15, 0.2) is 0 Å². The highest BCUT2D eigenvalue weighted by Gasteiger charge is 2.26. The molecule has 2 aliphatic rings. The maximum absolute atomic E-state index is 13.1. The van der Waals surface area contributed by atoms with Gasteiger partial charge in [0.05, 0.1) is 0 Å². The maximum Gasteiger partial charge on any atom is 0.408 e. The zero-order valence-electron chi connectivity index (χ0n) is 21.9. The van der Waals surface area contributed by atoms with E-state index in [1.807, 2.05) is 20.8 Å². The second-order valence-electron chi connectivity index (χ2n) is 11.2. The summed E-state index contributed by atoms with van der Waals surface area (Å²) in [5.41, 5.74) is 0.759. The van der Waals surface area contributed by atoms with Crippen LogP contribution in [0.2, 0.25) is 0 Å². The molecule has 2 N–H and O–H groups in total. The van der Waals surface area contributed by atoms with E-state index in [0.29, 0.717) is 18.2 Å². The molecule has 0 aromatic heterocycles. The van der Waals surface area contributed by atoms with Crippen LogP contribution in [0.15, 0.2) is 30.3 Å². The molecule has 1 saturated heterocycles. The van der Waals surface area contributed by atoms with Crippen LogP contribution in [0.25, 0.3) is 0 Å². The van der Waals surface area contributed by atoms with E-state index in [1.165, 1.54) is 37.7 Å². The van der Waals surface area contributed by atoms with Crippen molar-refractivity contribution < 1.29 is 14.3 Å². The largest absolute Gasteiger partial charge is 0.444 e. The lowest BCUT2D eigenvalue weighted by atomic mass is 9.91. The Kier molecular flexibility index (Phi) is 11.2. The van der Waals surface area contributed by atoms with E-state index >= 15 is 0 Å². The van der Waals surface area contributed by atoms with Gasteiger partial charge >= 0.3 is 6.09 Å². The number of nitrogens with one attached hydrogen (secondary N) is 2. The number of benzene rings is 1. The molecule has 1 atom stereocenters. The third-order valence-corrected chi connectivity index (χ3v) is 8.17. The molecule has 2 amide bonds. The average Bonchev–Trinajstić information content (AvgIpc) is 2.83. The van der Waals surface area contributed by atoms with E-state index in [4.69, 9.17) is 4.74 Å². The van der Waals surface area contributed by atoms with Gasteiger partial charge in [-0.15, -0.1) is 0 Å². The SMILES string of the molecule is CC(C)(C)OC(=O)NC(CSCC1CCCCC1)C(=O)NCC1CCN(Cc2ccccc2)CC1. The van der Waals surface area contributed by atoms with Crippen LogP contribution in [-0.4, -0.2) is 59.7 Å². The number of rotatable bonds is 10. The number of hydrogen-bond acceptors (Lipinski definition) is 5. The van der Waals surface area contributed by atoms with Gasteiger partial charge in [0, 0.05) is 18.8 Å². The fourth-order valence-corrected chi connectivity index (χ4v) is 6.17. The normalized spacial score (nSPS) is 19.2. The number of carbonyl (C=O) groups excluding carboxylic acids is 2. The number of piperidine rings is 1. The average molecular weight is 504 g/mol. The second kappa shape index (κ2) is 14.1. The molecular formula is C28H45N3O3S. The first-order valence-corrected chi connectivity index (χ1v) is 14.6. The molecule has 1 unspecified atom stereocenters. The number of nitrogens with zero attached hydrogens (tertiary/aromatic N) is 1. The summed E-state index contributed by atoms with van der Waals surface area (Å²) in [6, 6.07) is 10.0. The highest BCUT2D eigenvalue weighted by atomic mass is 32.2. The van der Waals surface area contributed by atoms with E-state index in [-0.39, 0.29) is 5.91 Å². The molecule has 196 valence electrons. The van der Waals surface area contributed by atoms with Gasteiger partial charge in [0.25, 0.3) is 0 Å². The lowest BCUT2D eigenvalue weighted by Crippen LogP contribution is -2.51. The number of likely N-dealkylation sites (tertiary alicyclic amines) is 1. The van der Waals surface area contributed by atoms with E-state index in [1.54, 1.807) is 11.8 Å². The maximum atomic E-state index is 13.1. The molecule has 0 spiro atoms. The van der Waals surface area contributed by atoms with Crippen LogP contribution in [0.3, 0.4) is 0 Å². The smallest absolute Gasteiger partial charge is 0.408 e. The van der Waals surface area contributed by atoms with E-state index < -0.39 is 17.7 Å². The first-order valence-electron chi connectivity index (χ1n) is 13.4. The fourth-order valence-electron chi connectivity index (χ4n) is 4.90. The molecule has 35 heavy (non-hydrogen) atoms. The van der Waals surface area contributed by atoms with Crippen LogP contribution >= 0.6 is 11.8 Å². The molecular weight excluding hydrogens is 458 g/mol. The number of ether oxygens (including phenoxy) is 1. The zero-order chi connectivity index (χ0) is 25.1. The summed E-state index contributed by atoms with van der Waals surface area (Å²) >= 11 is 1.78. The molecule has 1 aliphatic heterocycles. The Morgan fingerprint density at radius 2 is 1.71 bits per heavy atom. The van der Waals surface area contributed by atoms with Crippen molar-refractivity contribution >= 4 is 23.8 Å². The molecule has 1 saturated carbocycles. The van der Waals surface area contributed by atoms with Crippen LogP contribution < -0.4 is 10.6 Å². The third-order valence-electron chi connectivity index (χ3n) is 6.89. The molecule has 2 fully saturated rings. The number of thioether (sulfide) groups is 1. The van der Waals surface area contributed by atoms with Crippen molar-refractivity contribution in [3.63, 3.8) is 0 Å². The van der Waals surface area contributed by atoms with Gasteiger partial charge in [-0.3, -0.25) is 9.69 Å². The third kappa shape index (κ3) is 10.8. The van der Waals surface area contributed by atoms with E-state index in [9.17, 15) is 9.59 Å². The van der Waals surface area contributed by atoms with Crippen LogP contribution in [0.4, 0.5) is 4.79 Å². The van der Waals surface area contributed by atoms with E-state index in [2.05, 4.69) is 45.9 Å². The first-order chi connectivity index (χ1) is 16.8. The standard InChI is InChI=1S/C28H45N3O3S/c1-28(2,3)34-27(33)30-25(21-35-20-24-12-8-5-9-13-24)26(32)29-18-22-14-16-31(17-15-22)19-23-10-6-4-7-11-23/h4,6-7,10-11,22,24-25H,5,8-9,12-21H2,1-3H3,(H,29,32)(H,30,33). The topological polar surface area (TPSA) is 70.7 Å². The fraction of sp³-hybridized carbons (Fsp3) is 0.714. The highest BCUT2D eigenvalue weighted by molar-refractivity contribution is 7.99. The molecule has 1 aromatic rings. The van der Waals surface area contributed by atoms with Crippen LogP contribution in [-0.2, 0) is 16.1 Å². The summed E-state index contributed by atoms with van der Waals surface area (Å²) in [5, 5.41) is 5.96. The van der Waals surface area contributed by atoms with Crippen LogP contribution in [0, 0.1) is 11.8 Å². The van der Waals surface area contributed by atoms with Crippen molar-refractivity contribution in [1.82, 2.24) is 15.5 Å². The van der Waals surface area contributed by atoms with Crippen molar-refractivity contribution in [2.75, 3.05) is 31.1 Å². The number of amides is 2. The Balaban J connectivity index is 1.43. The summed E-state index contributed by atoms with van der Waals surface area (Å²) < 4.78 is 5.42. The minimum Gasteiger partial charge on any atom is -0.444 e. The minimum atomic E-state index is -0.589. The first kappa shape index (κ1) is 27.9. The Hall–Kier alpha value is -1.73. The monoisotopic (exact) mass is 503 g/mol. The van der Waals surface area contributed by atoms with Gasteiger partial charge in [-0.1, -0.05) is 49.6 Å². The Morgan fingerprint density at radius 3 is 2.37 bits per heavy atom. The van der Waals surface area contributed by atoms with Gasteiger partial charge in [-0.2, -0.15) is 11.8 Å². The quantitative estimate of drug-likeness (QED) is 0.458. The van der Waals surface area contributed by atoms with Crippen LogP contribution in [0.1, 0.15) is 71.3 Å². The van der Waals surface area contributed by atoms with E-state index in [0.717, 1.165) is 44.1 Å². The molecule has 3 rings (SSSR count). The summed E-state index contributed by atoms with van der Waals surface area (Å²) in [6.07, 6.45) is 8.17. The second-order valence-corrected chi connectivity index (χ2v) is 12.3. The predicted octanol–water partition coefficient (Wildman–Crippen LogP) is 5.22.